The van der Waals surface area contributed by atoms with E-state index in [9.17, 15) is 9.65 Å². The van der Waals surface area contributed by atoms with Crippen molar-refractivity contribution in [3.8, 4) is 17.7 Å². The fourth-order valence-corrected chi connectivity index (χ4v) is 4.49. The number of hydrogen-bond donors (Lipinski definition) is 0. The molecule has 7 heteroatoms. The van der Waals surface area contributed by atoms with Gasteiger partial charge < -0.3 is 9.64 Å². The van der Waals surface area contributed by atoms with Crippen LogP contribution in [0.5, 0.6) is 11.6 Å². The lowest BCUT2D eigenvalue weighted by Crippen LogP contribution is -2.34. The molecule has 0 radical (unpaired) electrons. The maximum atomic E-state index is 13.4. The summed E-state index contributed by atoms with van der Waals surface area (Å²) >= 11 is 0. The van der Waals surface area contributed by atoms with E-state index in [1.54, 1.807) is 12.1 Å². The fourth-order valence-electron chi connectivity index (χ4n) is 4.49. The van der Waals surface area contributed by atoms with Gasteiger partial charge in [-0.2, -0.15) is 10.2 Å². The van der Waals surface area contributed by atoms with Crippen molar-refractivity contribution in [2.45, 2.75) is 38.8 Å². The maximum absolute atomic E-state index is 13.4. The zero-order valence-electron chi connectivity index (χ0n) is 18.5. The molecule has 5 rings (SSSR count). The molecule has 0 unspecified atom stereocenters. The minimum Gasteiger partial charge on any atom is -0.438 e. The van der Waals surface area contributed by atoms with E-state index in [0.717, 1.165) is 68.2 Å². The number of piperidine rings is 1. The number of halogens is 1. The lowest BCUT2D eigenvalue weighted by molar-refractivity contribution is 0.238. The van der Waals surface area contributed by atoms with Gasteiger partial charge in [0.2, 0.25) is 11.8 Å². The highest BCUT2D eigenvalue weighted by Gasteiger charge is 2.26. The molecule has 1 aromatic heterocycles. The molecule has 0 bridgehead atoms. The molecule has 2 aliphatic heterocycles. The number of fused-ring (bicyclic) bond motifs is 1. The van der Waals surface area contributed by atoms with Gasteiger partial charge in [-0.25, -0.2) is 9.37 Å². The molecule has 0 aliphatic carbocycles. The second-order valence-electron chi connectivity index (χ2n) is 8.63. The molecule has 0 N–H and O–H groups in total. The number of ether oxygens (including phenoxy) is 1. The van der Waals surface area contributed by atoms with Gasteiger partial charge in [-0.3, -0.25) is 4.90 Å². The molecular weight excluding hydrogens is 417 g/mol. The highest BCUT2D eigenvalue weighted by molar-refractivity contribution is 5.44. The van der Waals surface area contributed by atoms with Crippen molar-refractivity contribution in [3.63, 3.8) is 0 Å². The van der Waals surface area contributed by atoms with E-state index in [-0.39, 0.29) is 5.82 Å². The predicted molar refractivity (Wildman–Crippen MR) is 124 cm³/mol. The molecule has 3 heterocycles. The van der Waals surface area contributed by atoms with E-state index in [1.807, 2.05) is 24.3 Å². The first-order valence-corrected chi connectivity index (χ1v) is 11.5. The van der Waals surface area contributed by atoms with E-state index < -0.39 is 0 Å². The Morgan fingerprint density at radius 2 is 1.82 bits per heavy atom. The molecule has 0 spiro atoms. The van der Waals surface area contributed by atoms with Crippen LogP contribution >= 0.6 is 0 Å². The van der Waals surface area contributed by atoms with Gasteiger partial charge in [0.05, 0.1) is 22.9 Å². The number of hydrogen-bond acceptors (Lipinski definition) is 6. The summed E-state index contributed by atoms with van der Waals surface area (Å²) < 4.78 is 19.6. The average molecular weight is 444 g/mol. The Morgan fingerprint density at radius 3 is 2.61 bits per heavy atom. The quantitative estimate of drug-likeness (QED) is 0.563. The third kappa shape index (κ3) is 4.96. The summed E-state index contributed by atoms with van der Waals surface area (Å²) in [6.45, 7) is 4.17. The Labute approximate surface area is 193 Å². The van der Waals surface area contributed by atoms with Crippen LogP contribution < -0.4 is 9.64 Å². The van der Waals surface area contributed by atoms with Crippen molar-refractivity contribution < 1.29 is 9.13 Å². The van der Waals surface area contributed by atoms with Crippen molar-refractivity contribution in [1.82, 2.24) is 14.9 Å². The number of nitriles is 1. The lowest BCUT2D eigenvalue weighted by atomic mass is 10.0. The van der Waals surface area contributed by atoms with Crippen LogP contribution in [-0.4, -0.2) is 34.5 Å². The van der Waals surface area contributed by atoms with E-state index in [1.165, 1.54) is 18.6 Å². The minimum atomic E-state index is -0.299. The van der Waals surface area contributed by atoms with Crippen LogP contribution in [0.25, 0.3) is 0 Å². The molecule has 0 amide bonds. The molecule has 6 nitrogen and oxygen atoms in total. The van der Waals surface area contributed by atoms with Crippen molar-refractivity contribution in [1.29, 1.82) is 5.26 Å². The van der Waals surface area contributed by atoms with Crippen LogP contribution in [0.1, 0.15) is 41.6 Å². The lowest BCUT2D eigenvalue weighted by Gasteiger charge is -2.32. The highest BCUT2D eigenvalue weighted by atomic mass is 19.1. The summed E-state index contributed by atoms with van der Waals surface area (Å²) in [5, 5.41) is 9.20. The minimum absolute atomic E-state index is 0.299. The Morgan fingerprint density at radius 1 is 1.00 bits per heavy atom. The third-order valence-corrected chi connectivity index (χ3v) is 6.22. The SMILES string of the molecule is N#Cc1cccc(CN2CCc3nc(N4CCCCC4)nc(Oc4ccc(F)cc4)c3C2)c1. The first-order chi connectivity index (χ1) is 16.2. The molecule has 2 aromatic carbocycles. The monoisotopic (exact) mass is 443 g/mol. The fraction of sp³-hybridized carbons (Fsp3) is 0.346. The first-order valence-electron chi connectivity index (χ1n) is 11.5. The zero-order valence-corrected chi connectivity index (χ0v) is 18.5. The summed E-state index contributed by atoms with van der Waals surface area (Å²) in [5.74, 6) is 1.52. The van der Waals surface area contributed by atoms with Crippen LogP contribution in [0, 0.1) is 17.1 Å². The number of benzene rings is 2. The Balaban J connectivity index is 1.44. The van der Waals surface area contributed by atoms with Gasteiger partial charge in [-0.15, -0.1) is 0 Å². The second-order valence-corrected chi connectivity index (χ2v) is 8.63. The standard InChI is InChI=1S/C26H26FN5O/c27-21-7-9-22(10-8-21)33-25-23-18-31(17-20-6-4-5-19(15-20)16-28)14-11-24(23)29-26(30-25)32-12-2-1-3-13-32/h4-10,15H,1-3,11-14,17-18H2. The number of anilines is 1. The van der Waals surface area contributed by atoms with Gasteiger partial charge in [0, 0.05) is 39.1 Å². The summed E-state index contributed by atoms with van der Waals surface area (Å²) in [7, 11) is 0. The van der Waals surface area contributed by atoms with Gasteiger partial charge in [0.1, 0.15) is 11.6 Å². The summed E-state index contributed by atoms with van der Waals surface area (Å²) in [4.78, 5) is 14.3. The Hall–Kier alpha value is -3.50. The topological polar surface area (TPSA) is 65.3 Å². The molecular formula is C26H26FN5O. The Kier molecular flexibility index (Phi) is 6.18. The van der Waals surface area contributed by atoms with Gasteiger partial charge in [-0.1, -0.05) is 12.1 Å². The molecule has 2 aliphatic rings. The van der Waals surface area contributed by atoms with Crippen molar-refractivity contribution in [3.05, 3.63) is 76.7 Å². The predicted octanol–water partition coefficient (Wildman–Crippen LogP) is 4.83. The molecule has 0 saturated carbocycles. The van der Waals surface area contributed by atoms with Crippen LogP contribution in [-0.2, 0) is 19.5 Å². The van der Waals surface area contributed by atoms with E-state index in [2.05, 4.69) is 15.9 Å². The summed E-state index contributed by atoms with van der Waals surface area (Å²) in [6, 6.07) is 16.0. The van der Waals surface area contributed by atoms with Gasteiger partial charge >= 0.3 is 0 Å². The summed E-state index contributed by atoms with van der Waals surface area (Å²) in [5.41, 5.74) is 3.76. The summed E-state index contributed by atoms with van der Waals surface area (Å²) in [6.07, 6.45) is 4.33. The second kappa shape index (κ2) is 9.55. The third-order valence-electron chi connectivity index (χ3n) is 6.22. The van der Waals surface area contributed by atoms with Crippen LogP contribution in [0.4, 0.5) is 10.3 Å². The normalized spacial score (nSPS) is 16.2. The van der Waals surface area contributed by atoms with E-state index >= 15 is 0 Å². The number of aromatic nitrogens is 2. The smallest absolute Gasteiger partial charge is 0.228 e. The van der Waals surface area contributed by atoms with E-state index in [0.29, 0.717) is 23.7 Å². The maximum Gasteiger partial charge on any atom is 0.228 e. The zero-order chi connectivity index (χ0) is 22.6. The largest absolute Gasteiger partial charge is 0.438 e. The van der Waals surface area contributed by atoms with Crippen LogP contribution in [0.2, 0.25) is 0 Å². The van der Waals surface area contributed by atoms with Crippen LogP contribution in [0.15, 0.2) is 48.5 Å². The van der Waals surface area contributed by atoms with Gasteiger partial charge in [0.15, 0.2) is 0 Å². The average Bonchev–Trinajstić information content (AvgIpc) is 2.86. The highest BCUT2D eigenvalue weighted by Crippen LogP contribution is 2.32. The van der Waals surface area contributed by atoms with E-state index in [4.69, 9.17) is 14.7 Å². The first kappa shape index (κ1) is 21.4. The molecule has 33 heavy (non-hydrogen) atoms. The molecule has 1 saturated heterocycles. The van der Waals surface area contributed by atoms with Crippen molar-refractivity contribution >= 4 is 5.95 Å². The molecule has 0 atom stereocenters. The molecule has 3 aromatic rings. The number of rotatable bonds is 5. The Bertz CT molecular complexity index is 1170. The molecule has 168 valence electrons. The van der Waals surface area contributed by atoms with Gasteiger partial charge in [-0.05, 0) is 61.2 Å². The van der Waals surface area contributed by atoms with Crippen LogP contribution in [0.3, 0.4) is 0 Å². The van der Waals surface area contributed by atoms with Gasteiger partial charge in [0.25, 0.3) is 0 Å². The van der Waals surface area contributed by atoms with Crippen molar-refractivity contribution in [2.75, 3.05) is 24.5 Å². The molecule has 1 fully saturated rings. The van der Waals surface area contributed by atoms with Crippen molar-refractivity contribution in [2.24, 2.45) is 0 Å². The number of nitrogens with zero attached hydrogens (tertiary/aromatic N) is 5.